The number of anilines is 1. The Balaban J connectivity index is 2.22. The largest absolute Gasteiger partial charge is 0.359 e. The summed E-state index contributed by atoms with van der Waals surface area (Å²) in [7, 11) is 0. The lowest BCUT2D eigenvalue weighted by Gasteiger charge is -2.12. The van der Waals surface area contributed by atoms with E-state index in [9.17, 15) is 13.6 Å². The zero-order valence-electron chi connectivity index (χ0n) is 11.6. The number of rotatable bonds is 2. The van der Waals surface area contributed by atoms with E-state index in [1.807, 2.05) is 20.8 Å². The normalized spacial score (nSPS) is 11.5. The summed E-state index contributed by atoms with van der Waals surface area (Å²) in [5.41, 5.74) is -0.453. The minimum Gasteiger partial charge on any atom is -0.359 e. The van der Waals surface area contributed by atoms with Crippen LogP contribution in [0.15, 0.2) is 22.7 Å². The maximum absolute atomic E-state index is 13.2. The highest BCUT2D eigenvalue weighted by atomic mass is 35.5. The molecular formula is C14H13ClF2N2O2. The Morgan fingerprint density at radius 3 is 2.43 bits per heavy atom. The first-order chi connectivity index (χ1) is 9.68. The van der Waals surface area contributed by atoms with Crippen molar-refractivity contribution in [2.75, 3.05) is 5.32 Å². The fraction of sp³-hybridized carbons (Fsp3) is 0.286. The van der Waals surface area contributed by atoms with E-state index in [0.29, 0.717) is 5.76 Å². The van der Waals surface area contributed by atoms with Crippen LogP contribution in [0.1, 0.15) is 36.9 Å². The summed E-state index contributed by atoms with van der Waals surface area (Å²) < 4.78 is 31.2. The van der Waals surface area contributed by atoms with Crippen molar-refractivity contribution in [1.82, 2.24) is 5.16 Å². The first-order valence-electron chi connectivity index (χ1n) is 6.11. The van der Waals surface area contributed by atoms with Crippen molar-refractivity contribution >= 4 is 23.3 Å². The molecule has 0 fully saturated rings. The standard InChI is InChI=1S/C14H13ClF2N2O2/c1-14(2,3)11-6-12(19-21-11)18-13(20)7-4-9(16)10(17)5-8(7)15/h4-6H,1-3H3,(H,18,19,20). The molecule has 0 unspecified atom stereocenters. The summed E-state index contributed by atoms with van der Waals surface area (Å²) in [4.78, 5) is 12.0. The van der Waals surface area contributed by atoms with Crippen LogP contribution in [0.2, 0.25) is 5.02 Å². The predicted octanol–water partition coefficient (Wildman–Crippen LogP) is 4.16. The molecule has 0 saturated heterocycles. The van der Waals surface area contributed by atoms with Gasteiger partial charge in [0.05, 0.1) is 10.6 Å². The molecule has 1 amide bonds. The molecular weight excluding hydrogens is 302 g/mol. The van der Waals surface area contributed by atoms with E-state index >= 15 is 0 Å². The molecule has 0 aliphatic heterocycles. The molecule has 112 valence electrons. The predicted molar refractivity (Wildman–Crippen MR) is 74.5 cm³/mol. The zero-order valence-corrected chi connectivity index (χ0v) is 12.4. The van der Waals surface area contributed by atoms with E-state index in [1.54, 1.807) is 6.07 Å². The minimum atomic E-state index is -1.15. The third-order valence-electron chi connectivity index (χ3n) is 2.75. The Labute approximate surface area is 125 Å². The third-order valence-corrected chi connectivity index (χ3v) is 3.06. The smallest absolute Gasteiger partial charge is 0.258 e. The molecule has 0 aliphatic carbocycles. The van der Waals surface area contributed by atoms with Crippen LogP contribution < -0.4 is 5.32 Å². The Morgan fingerprint density at radius 1 is 1.24 bits per heavy atom. The SMILES string of the molecule is CC(C)(C)c1cc(NC(=O)c2cc(F)c(F)cc2Cl)no1. The van der Waals surface area contributed by atoms with Crippen LogP contribution in [0.25, 0.3) is 0 Å². The van der Waals surface area contributed by atoms with E-state index in [0.717, 1.165) is 12.1 Å². The monoisotopic (exact) mass is 314 g/mol. The van der Waals surface area contributed by atoms with Crippen LogP contribution in [0.5, 0.6) is 0 Å². The van der Waals surface area contributed by atoms with E-state index in [4.69, 9.17) is 16.1 Å². The Bertz CT molecular complexity index is 693. The molecule has 0 spiro atoms. The summed E-state index contributed by atoms with van der Waals surface area (Å²) in [6, 6.07) is 3.04. The van der Waals surface area contributed by atoms with Crippen LogP contribution >= 0.6 is 11.6 Å². The molecule has 7 heteroatoms. The van der Waals surface area contributed by atoms with Gasteiger partial charge in [0.1, 0.15) is 5.76 Å². The zero-order chi connectivity index (χ0) is 15.8. The van der Waals surface area contributed by atoms with E-state index in [-0.39, 0.29) is 21.8 Å². The van der Waals surface area contributed by atoms with Gasteiger partial charge in [-0.3, -0.25) is 4.79 Å². The van der Waals surface area contributed by atoms with Gasteiger partial charge in [0.25, 0.3) is 5.91 Å². The third kappa shape index (κ3) is 3.39. The van der Waals surface area contributed by atoms with Crippen molar-refractivity contribution < 1.29 is 18.1 Å². The highest BCUT2D eigenvalue weighted by Gasteiger charge is 2.21. The first kappa shape index (κ1) is 15.4. The molecule has 0 bridgehead atoms. The molecule has 1 heterocycles. The van der Waals surface area contributed by atoms with Gasteiger partial charge in [0.15, 0.2) is 17.5 Å². The van der Waals surface area contributed by atoms with Crippen molar-refractivity contribution in [3.63, 3.8) is 0 Å². The summed E-state index contributed by atoms with van der Waals surface area (Å²) in [5, 5.41) is 5.93. The molecule has 1 aromatic carbocycles. The maximum atomic E-state index is 13.2. The van der Waals surface area contributed by atoms with Crippen LogP contribution in [0.4, 0.5) is 14.6 Å². The molecule has 21 heavy (non-hydrogen) atoms. The topological polar surface area (TPSA) is 55.1 Å². The number of carbonyl (C=O) groups excluding carboxylic acids is 1. The Hall–Kier alpha value is -1.95. The van der Waals surface area contributed by atoms with Gasteiger partial charge in [-0.1, -0.05) is 37.5 Å². The van der Waals surface area contributed by atoms with E-state index in [1.165, 1.54) is 0 Å². The van der Waals surface area contributed by atoms with Gasteiger partial charge in [-0.05, 0) is 12.1 Å². The lowest BCUT2D eigenvalue weighted by Crippen LogP contribution is -2.13. The van der Waals surface area contributed by atoms with Gasteiger partial charge in [0.2, 0.25) is 0 Å². The molecule has 0 aliphatic rings. The van der Waals surface area contributed by atoms with E-state index in [2.05, 4.69) is 10.5 Å². The Morgan fingerprint density at radius 2 is 1.86 bits per heavy atom. The number of nitrogens with one attached hydrogen (secondary N) is 1. The molecule has 2 aromatic rings. The van der Waals surface area contributed by atoms with Crippen molar-refractivity contribution in [1.29, 1.82) is 0 Å². The van der Waals surface area contributed by atoms with Crippen LogP contribution in [0, 0.1) is 11.6 Å². The van der Waals surface area contributed by atoms with Gasteiger partial charge in [-0.15, -0.1) is 0 Å². The van der Waals surface area contributed by atoms with E-state index < -0.39 is 17.5 Å². The minimum absolute atomic E-state index is 0.172. The molecule has 0 atom stereocenters. The van der Waals surface area contributed by atoms with Crippen molar-refractivity contribution in [2.45, 2.75) is 26.2 Å². The highest BCUT2D eigenvalue weighted by Crippen LogP contribution is 2.25. The second-order valence-corrected chi connectivity index (χ2v) is 5.93. The second kappa shape index (κ2) is 5.44. The molecule has 0 saturated carbocycles. The number of nitrogens with zero attached hydrogens (tertiary/aromatic N) is 1. The summed E-state index contributed by atoms with van der Waals surface area (Å²) in [6.07, 6.45) is 0. The molecule has 2 rings (SSSR count). The first-order valence-corrected chi connectivity index (χ1v) is 6.49. The fourth-order valence-electron chi connectivity index (χ4n) is 1.57. The number of hydrogen-bond donors (Lipinski definition) is 1. The molecule has 1 N–H and O–H groups in total. The highest BCUT2D eigenvalue weighted by molar-refractivity contribution is 6.34. The lowest BCUT2D eigenvalue weighted by molar-refractivity contribution is 0.102. The van der Waals surface area contributed by atoms with Gasteiger partial charge in [0, 0.05) is 11.5 Å². The van der Waals surface area contributed by atoms with Gasteiger partial charge in [-0.2, -0.15) is 0 Å². The van der Waals surface area contributed by atoms with Crippen molar-refractivity contribution in [3.05, 3.63) is 46.2 Å². The van der Waals surface area contributed by atoms with Crippen LogP contribution in [-0.2, 0) is 5.41 Å². The molecule has 4 nitrogen and oxygen atoms in total. The number of aromatic nitrogens is 1. The fourth-order valence-corrected chi connectivity index (χ4v) is 1.80. The quantitative estimate of drug-likeness (QED) is 0.847. The number of benzene rings is 1. The molecule has 1 aromatic heterocycles. The number of halogens is 3. The second-order valence-electron chi connectivity index (χ2n) is 5.53. The molecule has 0 radical (unpaired) electrons. The van der Waals surface area contributed by atoms with Crippen molar-refractivity contribution in [3.8, 4) is 0 Å². The number of carbonyl (C=O) groups is 1. The summed E-state index contributed by atoms with van der Waals surface area (Å²) >= 11 is 5.73. The van der Waals surface area contributed by atoms with Gasteiger partial charge < -0.3 is 9.84 Å². The average Bonchev–Trinajstić information content (AvgIpc) is 2.82. The number of amides is 1. The van der Waals surface area contributed by atoms with Crippen molar-refractivity contribution in [2.24, 2.45) is 0 Å². The lowest BCUT2D eigenvalue weighted by atomic mass is 9.93. The summed E-state index contributed by atoms with van der Waals surface area (Å²) in [6.45, 7) is 5.77. The maximum Gasteiger partial charge on any atom is 0.258 e. The Kier molecular flexibility index (Phi) is 4.00. The van der Waals surface area contributed by atoms with Gasteiger partial charge in [-0.25, -0.2) is 8.78 Å². The van der Waals surface area contributed by atoms with Crippen LogP contribution in [-0.4, -0.2) is 11.1 Å². The van der Waals surface area contributed by atoms with Gasteiger partial charge >= 0.3 is 0 Å². The average molecular weight is 315 g/mol. The summed E-state index contributed by atoms with van der Waals surface area (Å²) in [5.74, 6) is -2.22. The van der Waals surface area contributed by atoms with Crippen LogP contribution in [0.3, 0.4) is 0 Å². The number of hydrogen-bond acceptors (Lipinski definition) is 3.